The van der Waals surface area contributed by atoms with E-state index in [2.05, 4.69) is 0 Å². The first-order valence-electron chi connectivity index (χ1n) is 11.1. The maximum atomic E-state index is 10.5. The molecule has 0 saturated heterocycles. The van der Waals surface area contributed by atoms with E-state index >= 15 is 0 Å². The average Bonchev–Trinajstić information content (AvgIpc) is 2.81. The van der Waals surface area contributed by atoms with Crippen molar-refractivity contribution in [3.05, 3.63) is 94.5 Å². The van der Waals surface area contributed by atoms with Gasteiger partial charge in [-0.25, -0.2) is 0 Å². The number of benzene rings is 4. The smallest absolute Gasteiger partial charge is 0.171 e. The molecule has 0 radical (unpaired) electrons. The molecule has 3 N–H and O–H groups in total. The zero-order valence-corrected chi connectivity index (χ0v) is 20.0. The maximum absolute atomic E-state index is 10.5. The molecule has 0 unspecified atom stereocenters. The summed E-state index contributed by atoms with van der Waals surface area (Å²) in [7, 11) is 0. The number of phenolic OH excluding ortho intramolecular Hbond substituents is 3. The SMILES string of the molecule is Cc1cccc(O)c1Oc1cccc(N(c2c(C)ccc(O)c2C)c2c(C)ccc(O)c2C)c1. The molecule has 0 fully saturated rings. The van der Waals surface area contributed by atoms with Crippen molar-refractivity contribution in [1.82, 2.24) is 0 Å². The van der Waals surface area contributed by atoms with E-state index < -0.39 is 0 Å². The molecular formula is C29H29NO4. The number of hydrogen-bond acceptors (Lipinski definition) is 5. The lowest BCUT2D eigenvalue weighted by Gasteiger charge is -2.32. The molecule has 5 heteroatoms. The highest BCUT2D eigenvalue weighted by molar-refractivity contribution is 5.85. The van der Waals surface area contributed by atoms with Gasteiger partial charge in [-0.15, -0.1) is 0 Å². The fourth-order valence-corrected chi connectivity index (χ4v) is 4.28. The highest BCUT2D eigenvalue weighted by atomic mass is 16.5. The largest absolute Gasteiger partial charge is 0.508 e. The van der Waals surface area contributed by atoms with Crippen molar-refractivity contribution in [2.45, 2.75) is 34.6 Å². The summed E-state index contributed by atoms with van der Waals surface area (Å²) in [5, 5.41) is 31.4. The first-order chi connectivity index (χ1) is 16.2. The number of aryl methyl sites for hydroxylation is 3. The number of rotatable bonds is 5. The van der Waals surface area contributed by atoms with Crippen molar-refractivity contribution in [3.63, 3.8) is 0 Å². The Hall–Kier alpha value is -4.12. The number of nitrogens with zero attached hydrogens (tertiary/aromatic N) is 1. The van der Waals surface area contributed by atoms with Crippen molar-refractivity contribution in [3.8, 4) is 28.7 Å². The fraction of sp³-hybridized carbons (Fsp3) is 0.172. The number of ether oxygens (including phenoxy) is 1. The molecule has 0 aliphatic carbocycles. The van der Waals surface area contributed by atoms with Crippen molar-refractivity contribution in [2.24, 2.45) is 0 Å². The predicted octanol–water partition coefficient (Wildman–Crippen LogP) is 7.61. The van der Waals surface area contributed by atoms with Gasteiger partial charge in [0, 0.05) is 22.9 Å². The van der Waals surface area contributed by atoms with Crippen LogP contribution in [0, 0.1) is 34.6 Å². The van der Waals surface area contributed by atoms with Gasteiger partial charge in [0.15, 0.2) is 11.5 Å². The molecule has 0 spiro atoms. The molecule has 0 bridgehead atoms. The Kier molecular flexibility index (Phi) is 6.12. The second-order valence-corrected chi connectivity index (χ2v) is 8.61. The summed E-state index contributed by atoms with van der Waals surface area (Å²) in [6.07, 6.45) is 0. The van der Waals surface area contributed by atoms with E-state index in [1.807, 2.05) is 82.0 Å². The summed E-state index contributed by atoms with van der Waals surface area (Å²) in [5.74, 6) is 1.41. The molecule has 4 rings (SSSR count). The third kappa shape index (κ3) is 4.13. The molecule has 4 aromatic rings. The third-order valence-electron chi connectivity index (χ3n) is 6.14. The Balaban J connectivity index is 1.94. The Labute approximate surface area is 200 Å². The second kappa shape index (κ2) is 9.02. The molecule has 0 aromatic heterocycles. The fourth-order valence-electron chi connectivity index (χ4n) is 4.28. The van der Waals surface area contributed by atoms with E-state index in [0.717, 1.165) is 44.9 Å². The summed E-state index contributed by atoms with van der Waals surface area (Å²) < 4.78 is 6.10. The van der Waals surface area contributed by atoms with Gasteiger partial charge in [0.2, 0.25) is 0 Å². The van der Waals surface area contributed by atoms with Crippen LogP contribution in [0.5, 0.6) is 28.7 Å². The topological polar surface area (TPSA) is 73.2 Å². The second-order valence-electron chi connectivity index (χ2n) is 8.61. The van der Waals surface area contributed by atoms with Crippen molar-refractivity contribution in [1.29, 1.82) is 0 Å². The number of anilines is 3. The van der Waals surface area contributed by atoms with E-state index in [0.29, 0.717) is 11.5 Å². The molecule has 0 atom stereocenters. The highest BCUT2D eigenvalue weighted by Gasteiger charge is 2.23. The first kappa shape index (κ1) is 23.1. The van der Waals surface area contributed by atoms with Crippen LogP contribution in [0.4, 0.5) is 17.1 Å². The summed E-state index contributed by atoms with van der Waals surface area (Å²) in [6.45, 7) is 9.62. The van der Waals surface area contributed by atoms with E-state index in [4.69, 9.17) is 4.74 Å². The van der Waals surface area contributed by atoms with Gasteiger partial charge < -0.3 is 25.0 Å². The van der Waals surface area contributed by atoms with E-state index in [1.54, 1.807) is 24.3 Å². The monoisotopic (exact) mass is 455 g/mol. The van der Waals surface area contributed by atoms with Crippen LogP contribution in [-0.4, -0.2) is 15.3 Å². The summed E-state index contributed by atoms with van der Waals surface area (Å²) in [5.41, 5.74) is 6.66. The van der Waals surface area contributed by atoms with Gasteiger partial charge in [0.1, 0.15) is 17.2 Å². The van der Waals surface area contributed by atoms with Crippen molar-refractivity contribution in [2.75, 3.05) is 4.90 Å². The third-order valence-corrected chi connectivity index (χ3v) is 6.14. The molecule has 0 aliphatic heterocycles. The van der Waals surface area contributed by atoms with Crippen molar-refractivity contribution >= 4 is 17.1 Å². The van der Waals surface area contributed by atoms with Crippen LogP contribution in [0.25, 0.3) is 0 Å². The van der Waals surface area contributed by atoms with Crippen LogP contribution < -0.4 is 9.64 Å². The highest BCUT2D eigenvalue weighted by Crippen LogP contribution is 2.46. The van der Waals surface area contributed by atoms with Gasteiger partial charge in [0.05, 0.1) is 11.4 Å². The Morgan fingerprint density at radius 3 is 1.71 bits per heavy atom. The maximum Gasteiger partial charge on any atom is 0.171 e. The van der Waals surface area contributed by atoms with Crippen LogP contribution >= 0.6 is 0 Å². The minimum atomic E-state index is 0.0709. The first-order valence-corrected chi connectivity index (χ1v) is 11.1. The summed E-state index contributed by atoms with van der Waals surface area (Å²) >= 11 is 0. The van der Waals surface area contributed by atoms with Gasteiger partial charge >= 0.3 is 0 Å². The lowest BCUT2D eigenvalue weighted by atomic mass is 10.0. The van der Waals surface area contributed by atoms with Crippen LogP contribution in [0.3, 0.4) is 0 Å². The minimum absolute atomic E-state index is 0.0709. The van der Waals surface area contributed by atoms with Gasteiger partial charge in [-0.1, -0.05) is 30.3 Å². The van der Waals surface area contributed by atoms with Crippen LogP contribution in [0.1, 0.15) is 27.8 Å². The molecule has 0 heterocycles. The van der Waals surface area contributed by atoms with E-state index in [-0.39, 0.29) is 17.2 Å². The minimum Gasteiger partial charge on any atom is -0.508 e. The molecule has 0 aliphatic rings. The number of phenols is 3. The Morgan fingerprint density at radius 1 is 0.588 bits per heavy atom. The Bertz CT molecular complexity index is 1300. The standard InChI is InChI=1S/C29H29NO4/c1-17-12-14-24(31)20(4)27(17)30(28-18(2)13-15-25(32)21(28)5)22-9-7-10-23(16-22)34-29-19(3)8-6-11-26(29)33/h6-16,31-33H,1-5H3. The molecular weight excluding hydrogens is 426 g/mol. The molecule has 174 valence electrons. The number of aromatic hydroxyl groups is 3. The van der Waals surface area contributed by atoms with Gasteiger partial charge in [-0.2, -0.15) is 0 Å². The zero-order valence-electron chi connectivity index (χ0n) is 20.0. The molecule has 0 amide bonds. The van der Waals surface area contributed by atoms with Gasteiger partial charge in [-0.05, 0) is 81.6 Å². The van der Waals surface area contributed by atoms with Gasteiger partial charge in [-0.3, -0.25) is 0 Å². The van der Waals surface area contributed by atoms with Crippen LogP contribution in [-0.2, 0) is 0 Å². The lowest BCUT2D eigenvalue weighted by molar-refractivity contribution is 0.409. The van der Waals surface area contributed by atoms with Gasteiger partial charge in [0.25, 0.3) is 0 Å². The molecule has 4 aromatic carbocycles. The summed E-state index contributed by atoms with van der Waals surface area (Å²) in [6, 6.07) is 19.9. The average molecular weight is 456 g/mol. The van der Waals surface area contributed by atoms with E-state index in [9.17, 15) is 15.3 Å². The predicted molar refractivity (Wildman–Crippen MR) is 136 cm³/mol. The Morgan fingerprint density at radius 2 is 1.15 bits per heavy atom. The summed E-state index contributed by atoms with van der Waals surface area (Å²) in [4.78, 5) is 2.04. The van der Waals surface area contributed by atoms with Crippen LogP contribution in [0.15, 0.2) is 66.7 Å². The van der Waals surface area contributed by atoms with E-state index in [1.165, 1.54) is 0 Å². The molecule has 0 saturated carbocycles. The lowest BCUT2D eigenvalue weighted by Crippen LogP contribution is -2.15. The normalized spacial score (nSPS) is 10.9. The molecule has 5 nitrogen and oxygen atoms in total. The number of hydrogen-bond donors (Lipinski definition) is 3. The van der Waals surface area contributed by atoms with Crippen LogP contribution in [0.2, 0.25) is 0 Å². The number of para-hydroxylation sites is 1. The zero-order chi connectivity index (χ0) is 24.6. The quantitative estimate of drug-likeness (QED) is 0.289. The molecule has 34 heavy (non-hydrogen) atoms. The van der Waals surface area contributed by atoms with Crippen molar-refractivity contribution < 1.29 is 20.1 Å².